The van der Waals surface area contributed by atoms with Gasteiger partial charge in [-0.15, -0.1) is 0 Å². The third-order valence-electron chi connectivity index (χ3n) is 6.43. The third kappa shape index (κ3) is 1.69. The molecule has 1 saturated heterocycles. The van der Waals surface area contributed by atoms with Gasteiger partial charge >= 0.3 is 0 Å². The maximum Gasteiger partial charge on any atom is 0.0686 e. The van der Waals surface area contributed by atoms with E-state index in [4.69, 9.17) is 4.74 Å². The van der Waals surface area contributed by atoms with Gasteiger partial charge in [0.25, 0.3) is 0 Å². The number of rotatable bonds is 0. The van der Waals surface area contributed by atoms with E-state index in [1.807, 2.05) is 0 Å². The van der Waals surface area contributed by atoms with E-state index >= 15 is 0 Å². The zero-order chi connectivity index (χ0) is 12.3. The van der Waals surface area contributed by atoms with Crippen molar-refractivity contribution < 1.29 is 4.74 Å². The van der Waals surface area contributed by atoms with Gasteiger partial charge in [0.05, 0.1) is 5.60 Å². The van der Waals surface area contributed by atoms with E-state index in [2.05, 4.69) is 27.7 Å². The molecule has 0 amide bonds. The predicted molar refractivity (Wildman–Crippen MR) is 70.9 cm³/mol. The topological polar surface area (TPSA) is 9.23 Å². The van der Waals surface area contributed by atoms with E-state index in [0.29, 0.717) is 5.41 Å². The van der Waals surface area contributed by atoms with Gasteiger partial charge < -0.3 is 4.74 Å². The zero-order valence-corrected chi connectivity index (χ0v) is 12.0. The van der Waals surface area contributed by atoms with Crippen molar-refractivity contribution in [1.82, 2.24) is 0 Å². The van der Waals surface area contributed by atoms with E-state index < -0.39 is 0 Å². The van der Waals surface area contributed by atoms with Crippen LogP contribution >= 0.6 is 0 Å². The van der Waals surface area contributed by atoms with Gasteiger partial charge in [0.15, 0.2) is 0 Å². The second-order valence-corrected chi connectivity index (χ2v) is 7.78. The largest absolute Gasteiger partial charge is 0.375 e. The number of fused-ring (bicyclic) bond motifs is 3. The first-order valence-corrected chi connectivity index (χ1v) is 7.58. The summed E-state index contributed by atoms with van der Waals surface area (Å²) in [5.41, 5.74) is 0.796. The maximum absolute atomic E-state index is 6.11. The van der Waals surface area contributed by atoms with Crippen LogP contribution in [0.1, 0.15) is 59.8 Å². The summed E-state index contributed by atoms with van der Waals surface area (Å²) in [5, 5.41) is 0. The first-order valence-electron chi connectivity index (χ1n) is 7.58. The molecule has 4 unspecified atom stereocenters. The van der Waals surface area contributed by atoms with E-state index in [-0.39, 0.29) is 5.60 Å². The van der Waals surface area contributed by atoms with Crippen molar-refractivity contribution in [2.24, 2.45) is 29.1 Å². The average molecular weight is 236 g/mol. The van der Waals surface area contributed by atoms with E-state index in [0.717, 1.165) is 30.3 Å². The first kappa shape index (κ1) is 12.0. The quantitative estimate of drug-likeness (QED) is 0.610. The Balaban J connectivity index is 1.93. The Hall–Kier alpha value is -0.0400. The Morgan fingerprint density at radius 3 is 2.47 bits per heavy atom. The van der Waals surface area contributed by atoms with Crippen LogP contribution in [0.5, 0.6) is 0 Å². The molecule has 0 aromatic rings. The zero-order valence-electron chi connectivity index (χ0n) is 12.0. The molecule has 1 aliphatic heterocycles. The van der Waals surface area contributed by atoms with Crippen LogP contribution in [0.2, 0.25) is 0 Å². The second kappa shape index (κ2) is 3.73. The van der Waals surface area contributed by atoms with E-state index in [9.17, 15) is 0 Å². The van der Waals surface area contributed by atoms with Gasteiger partial charge in [-0.05, 0) is 68.1 Å². The molecule has 0 N–H and O–H groups in total. The molecule has 98 valence electrons. The molecular weight excluding hydrogens is 208 g/mol. The highest BCUT2D eigenvalue weighted by atomic mass is 16.5. The third-order valence-corrected chi connectivity index (χ3v) is 6.43. The Labute approximate surface area is 106 Å². The highest BCUT2D eigenvalue weighted by Gasteiger charge is 2.56. The molecule has 0 aromatic carbocycles. The summed E-state index contributed by atoms with van der Waals surface area (Å²) in [5.74, 6) is 3.64. The van der Waals surface area contributed by atoms with Crippen molar-refractivity contribution in [2.75, 3.05) is 6.61 Å². The number of ether oxygens (including phenoxy) is 1. The molecule has 0 bridgehead atoms. The van der Waals surface area contributed by atoms with Crippen molar-refractivity contribution in [1.29, 1.82) is 0 Å². The summed E-state index contributed by atoms with van der Waals surface area (Å²) >= 11 is 0. The van der Waals surface area contributed by atoms with Crippen LogP contribution < -0.4 is 0 Å². The smallest absolute Gasteiger partial charge is 0.0686 e. The number of hydrogen-bond donors (Lipinski definition) is 0. The minimum atomic E-state index is 0.225. The van der Waals surface area contributed by atoms with Crippen LogP contribution in [0, 0.1) is 29.1 Å². The molecular formula is C16H28O. The summed E-state index contributed by atoms with van der Waals surface area (Å²) in [6, 6.07) is 0. The average Bonchev–Trinajstić information content (AvgIpc) is 2.65. The van der Waals surface area contributed by atoms with Crippen LogP contribution in [0.25, 0.3) is 0 Å². The molecule has 3 fully saturated rings. The number of hydrogen-bond acceptors (Lipinski definition) is 1. The Kier molecular flexibility index (Phi) is 2.63. The molecule has 0 spiro atoms. The fourth-order valence-corrected chi connectivity index (χ4v) is 5.29. The van der Waals surface area contributed by atoms with Crippen LogP contribution in [0.4, 0.5) is 0 Å². The first-order chi connectivity index (χ1) is 7.94. The molecule has 1 heteroatoms. The highest BCUT2D eigenvalue weighted by molar-refractivity contribution is 5.05. The minimum Gasteiger partial charge on any atom is -0.375 e. The van der Waals surface area contributed by atoms with E-state index in [1.165, 1.54) is 32.1 Å². The summed E-state index contributed by atoms with van der Waals surface area (Å²) in [4.78, 5) is 0. The predicted octanol–water partition coefficient (Wildman–Crippen LogP) is 4.26. The molecule has 3 aliphatic rings. The van der Waals surface area contributed by atoms with Gasteiger partial charge in [0.1, 0.15) is 0 Å². The Morgan fingerprint density at radius 2 is 1.71 bits per heavy atom. The molecule has 0 aromatic heterocycles. The van der Waals surface area contributed by atoms with Gasteiger partial charge in [-0.2, -0.15) is 0 Å². The lowest BCUT2D eigenvalue weighted by Crippen LogP contribution is -2.52. The molecule has 0 radical (unpaired) electrons. The fraction of sp³-hybridized carbons (Fsp3) is 1.00. The SMILES string of the molecule is C[C@@H]1CCC(C)(C)C2CCC3(C)OCCC3C21. The fourth-order valence-electron chi connectivity index (χ4n) is 5.29. The Bertz CT molecular complexity index is 307. The van der Waals surface area contributed by atoms with E-state index in [1.54, 1.807) is 0 Å². The molecule has 17 heavy (non-hydrogen) atoms. The lowest BCUT2D eigenvalue weighted by Gasteiger charge is -2.56. The molecule has 5 atom stereocenters. The van der Waals surface area contributed by atoms with Crippen molar-refractivity contribution >= 4 is 0 Å². The lowest BCUT2D eigenvalue weighted by molar-refractivity contribution is -0.117. The highest BCUT2D eigenvalue weighted by Crippen LogP contribution is 2.59. The van der Waals surface area contributed by atoms with Gasteiger partial charge in [-0.25, -0.2) is 0 Å². The van der Waals surface area contributed by atoms with Crippen LogP contribution in [-0.2, 0) is 4.74 Å². The minimum absolute atomic E-state index is 0.225. The molecule has 2 saturated carbocycles. The van der Waals surface area contributed by atoms with Crippen molar-refractivity contribution in [3.05, 3.63) is 0 Å². The van der Waals surface area contributed by atoms with Crippen molar-refractivity contribution in [3.63, 3.8) is 0 Å². The maximum atomic E-state index is 6.11. The monoisotopic (exact) mass is 236 g/mol. The normalized spacial score (nSPS) is 52.9. The van der Waals surface area contributed by atoms with Crippen LogP contribution in [0.3, 0.4) is 0 Å². The van der Waals surface area contributed by atoms with Gasteiger partial charge in [0, 0.05) is 6.61 Å². The van der Waals surface area contributed by atoms with Crippen LogP contribution in [-0.4, -0.2) is 12.2 Å². The molecule has 1 heterocycles. The van der Waals surface area contributed by atoms with Crippen molar-refractivity contribution in [2.45, 2.75) is 65.4 Å². The van der Waals surface area contributed by atoms with Gasteiger partial charge in [-0.3, -0.25) is 0 Å². The Morgan fingerprint density at radius 1 is 0.941 bits per heavy atom. The summed E-state index contributed by atoms with van der Waals surface area (Å²) in [6.07, 6.45) is 6.88. The lowest BCUT2D eigenvalue weighted by atomic mass is 9.50. The summed E-state index contributed by atoms with van der Waals surface area (Å²) in [7, 11) is 0. The van der Waals surface area contributed by atoms with Gasteiger partial charge in [-0.1, -0.05) is 20.8 Å². The van der Waals surface area contributed by atoms with Crippen LogP contribution in [0.15, 0.2) is 0 Å². The van der Waals surface area contributed by atoms with Crippen molar-refractivity contribution in [3.8, 4) is 0 Å². The summed E-state index contributed by atoms with van der Waals surface area (Å²) in [6.45, 7) is 10.9. The summed E-state index contributed by atoms with van der Waals surface area (Å²) < 4.78 is 6.11. The molecule has 1 nitrogen and oxygen atoms in total. The standard InChI is InChI=1S/C16H28O/c1-11-5-8-15(2,3)12-6-9-16(4)13(14(11)12)7-10-17-16/h11-14H,5-10H2,1-4H3/t11-,12?,13?,14?,16?/m1/s1. The molecule has 2 aliphatic carbocycles. The molecule has 3 rings (SSSR count). The van der Waals surface area contributed by atoms with Gasteiger partial charge in [0.2, 0.25) is 0 Å². The second-order valence-electron chi connectivity index (χ2n) is 7.78.